The minimum Gasteiger partial charge on any atom is -0.478 e. The first-order valence-electron chi connectivity index (χ1n) is 10.7. The van der Waals surface area contributed by atoms with E-state index in [4.69, 9.17) is 9.62 Å². The third-order valence-corrected chi connectivity index (χ3v) is 5.99. The Labute approximate surface area is 194 Å². The van der Waals surface area contributed by atoms with Gasteiger partial charge in [0.2, 0.25) is 0 Å². The third kappa shape index (κ3) is 3.53. The second kappa shape index (κ2) is 8.22. The number of aryl methyl sites for hydroxylation is 2. The van der Waals surface area contributed by atoms with Crippen LogP contribution in [0, 0.1) is 19.7 Å². The summed E-state index contributed by atoms with van der Waals surface area (Å²) in [4.78, 5) is 15.7. The number of halogens is 1. The van der Waals surface area contributed by atoms with Crippen molar-refractivity contribution in [1.82, 2.24) is 19.9 Å². The van der Waals surface area contributed by atoms with Crippen molar-refractivity contribution < 1.29 is 18.8 Å². The number of pyridine rings is 1. The molecule has 0 aliphatic carbocycles. The molecule has 1 atom stereocenters. The van der Waals surface area contributed by atoms with Gasteiger partial charge in [-0.25, -0.2) is 9.18 Å². The first kappa shape index (κ1) is 21.5. The average Bonchev–Trinajstić information content (AvgIpc) is 3.38. The first-order chi connectivity index (χ1) is 16.3. The van der Waals surface area contributed by atoms with Crippen LogP contribution >= 0.6 is 0 Å². The highest BCUT2D eigenvalue weighted by atomic mass is 19.1. The maximum atomic E-state index is 14.5. The highest BCUT2D eigenvalue weighted by Gasteiger charge is 2.21. The molecule has 0 radical (unpaired) electrons. The molecule has 8 heteroatoms. The van der Waals surface area contributed by atoms with Crippen LogP contribution in [0.1, 0.15) is 40.5 Å². The van der Waals surface area contributed by atoms with Gasteiger partial charge in [-0.05, 0) is 62.7 Å². The highest BCUT2D eigenvalue weighted by molar-refractivity contribution is 5.97. The highest BCUT2D eigenvalue weighted by Crippen LogP contribution is 2.36. The molecule has 34 heavy (non-hydrogen) atoms. The number of hydrogen-bond acceptors (Lipinski definition) is 5. The van der Waals surface area contributed by atoms with Gasteiger partial charge in [0.25, 0.3) is 0 Å². The van der Waals surface area contributed by atoms with Crippen molar-refractivity contribution in [3.8, 4) is 22.4 Å². The number of carbonyl (C=O) groups is 1. The summed E-state index contributed by atoms with van der Waals surface area (Å²) in [6, 6.07) is 15.4. The van der Waals surface area contributed by atoms with E-state index >= 15 is 0 Å². The molecule has 0 fully saturated rings. The molecule has 0 aliphatic rings. The van der Waals surface area contributed by atoms with E-state index < -0.39 is 11.8 Å². The van der Waals surface area contributed by atoms with Crippen LogP contribution < -0.4 is 0 Å². The van der Waals surface area contributed by atoms with Gasteiger partial charge >= 0.3 is 5.97 Å². The molecule has 0 aliphatic heterocycles. The van der Waals surface area contributed by atoms with E-state index in [9.17, 15) is 14.3 Å². The number of hydrogen-bond donors (Lipinski definition) is 1. The van der Waals surface area contributed by atoms with Crippen LogP contribution in [-0.4, -0.2) is 31.0 Å². The van der Waals surface area contributed by atoms with E-state index in [1.165, 1.54) is 12.1 Å². The Balaban J connectivity index is 1.74. The number of aromatic nitrogens is 4. The summed E-state index contributed by atoms with van der Waals surface area (Å²) in [5, 5.41) is 18.9. The Hall–Kier alpha value is -4.33. The zero-order valence-electron chi connectivity index (χ0n) is 18.8. The van der Waals surface area contributed by atoms with Crippen LogP contribution in [0.25, 0.3) is 33.3 Å². The van der Waals surface area contributed by atoms with Gasteiger partial charge in [-0.1, -0.05) is 23.4 Å². The molecule has 0 amide bonds. The Morgan fingerprint density at radius 2 is 1.88 bits per heavy atom. The van der Waals surface area contributed by atoms with Gasteiger partial charge < -0.3 is 9.63 Å². The van der Waals surface area contributed by atoms with E-state index in [0.29, 0.717) is 17.0 Å². The van der Waals surface area contributed by atoms with Gasteiger partial charge in [-0.15, -0.1) is 0 Å². The summed E-state index contributed by atoms with van der Waals surface area (Å²) in [5.41, 5.74) is 4.95. The second-order valence-corrected chi connectivity index (χ2v) is 8.15. The topological polar surface area (TPSA) is 94.0 Å². The maximum Gasteiger partial charge on any atom is 0.338 e. The first-order valence-corrected chi connectivity index (χ1v) is 10.7. The molecule has 5 aromatic rings. The lowest BCUT2D eigenvalue weighted by Gasteiger charge is -2.13. The molecular weight excluding hydrogens is 435 g/mol. The minimum absolute atomic E-state index is 0.208. The molecule has 0 saturated heterocycles. The Bertz CT molecular complexity index is 1520. The van der Waals surface area contributed by atoms with Crippen LogP contribution in [0.2, 0.25) is 0 Å². The van der Waals surface area contributed by atoms with E-state index in [1.54, 1.807) is 12.3 Å². The molecular formula is C26H21FN4O3. The lowest BCUT2D eigenvalue weighted by molar-refractivity contribution is 0.0692. The summed E-state index contributed by atoms with van der Waals surface area (Å²) < 4.78 is 21.7. The summed E-state index contributed by atoms with van der Waals surface area (Å²) >= 11 is 0. The van der Waals surface area contributed by atoms with Gasteiger partial charge in [0.15, 0.2) is 0 Å². The lowest BCUT2D eigenvalue weighted by Crippen LogP contribution is -2.10. The van der Waals surface area contributed by atoms with Crippen molar-refractivity contribution in [2.75, 3.05) is 0 Å². The standard InChI is InChI=1S/C26H21FN4O3/c1-14-24(16(3)34-30-14)17-7-10-20-23(13-17)31(15(2)22-6-4-5-11-28-22)29-25(20)18-8-9-19(26(32)33)21(27)12-18/h4-13,15H,1-3H3,(H,32,33)/t15-/m0/s1. The smallest absolute Gasteiger partial charge is 0.338 e. The number of benzene rings is 2. The van der Waals surface area contributed by atoms with Crippen molar-refractivity contribution >= 4 is 16.9 Å². The van der Waals surface area contributed by atoms with E-state index in [2.05, 4.69) is 10.1 Å². The van der Waals surface area contributed by atoms with Crippen LogP contribution in [0.5, 0.6) is 0 Å². The minimum atomic E-state index is -1.31. The fourth-order valence-corrected chi connectivity index (χ4v) is 4.28. The predicted molar refractivity (Wildman–Crippen MR) is 125 cm³/mol. The fourth-order valence-electron chi connectivity index (χ4n) is 4.28. The summed E-state index contributed by atoms with van der Waals surface area (Å²) in [6.45, 7) is 5.75. The van der Waals surface area contributed by atoms with Gasteiger partial charge in [-0.3, -0.25) is 9.67 Å². The Kier molecular flexibility index (Phi) is 5.20. The largest absolute Gasteiger partial charge is 0.478 e. The number of fused-ring (bicyclic) bond motifs is 1. The summed E-state index contributed by atoms with van der Waals surface area (Å²) in [5.74, 6) is -1.41. The Morgan fingerprint density at radius 1 is 1.09 bits per heavy atom. The van der Waals surface area contributed by atoms with E-state index in [1.807, 2.05) is 61.9 Å². The molecule has 0 spiro atoms. The van der Waals surface area contributed by atoms with Crippen molar-refractivity contribution in [2.24, 2.45) is 0 Å². The number of carboxylic acid groups (broad SMARTS) is 1. The molecule has 170 valence electrons. The van der Waals surface area contributed by atoms with Gasteiger partial charge in [0.1, 0.15) is 17.3 Å². The average molecular weight is 456 g/mol. The normalized spacial score (nSPS) is 12.2. The number of rotatable bonds is 5. The number of nitrogens with zero attached hydrogens (tertiary/aromatic N) is 4. The van der Waals surface area contributed by atoms with Crippen molar-refractivity contribution in [1.29, 1.82) is 0 Å². The Morgan fingerprint density at radius 3 is 2.53 bits per heavy atom. The lowest BCUT2D eigenvalue weighted by atomic mass is 10.00. The number of carboxylic acids is 1. The SMILES string of the molecule is Cc1noc(C)c1-c1ccc2c(-c3ccc(C(=O)O)c(F)c3)nn([C@@H](C)c3ccccn3)c2c1. The van der Waals surface area contributed by atoms with Crippen molar-refractivity contribution in [3.63, 3.8) is 0 Å². The fraction of sp³-hybridized carbons (Fsp3) is 0.154. The zero-order chi connectivity index (χ0) is 24.0. The molecule has 5 rings (SSSR count). The molecule has 3 heterocycles. The molecule has 7 nitrogen and oxygen atoms in total. The summed E-state index contributed by atoms with van der Waals surface area (Å²) in [6.07, 6.45) is 1.73. The molecule has 3 aromatic heterocycles. The third-order valence-electron chi connectivity index (χ3n) is 5.99. The molecule has 0 saturated carbocycles. The van der Waals surface area contributed by atoms with E-state index in [-0.39, 0.29) is 11.6 Å². The molecule has 2 aromatic carbocycles. The van der Waals surface area contributed by atoms with Crippen LogP contribution in [-0.2, 0) is 0 Å². The van der Waals surface area contributed by atoms with Gasteiger partial charge in [-0.2, -0.15) is 5.10 Å². The zero-order valence-corrected chi connectivity index (χ0v) is 18.8. The summed E-state index contributed by atoms with van der Waals surface area (Å²) in [7, 11) is 0. The quantitative estimate of drug-likeness (QED) is 0.358. The molecule has 1 N–H and O–H groups in total. The monoisotopic (exact) mass is 456 g/mol. The van der Waals surface area contributed by atoms with Crippen molar-refractivity contribution in [2.45, 2.75) is 26.8 Å². The van der Waals surface area contributed by atoms with Crippen LogP contribution in [0.15, 0.2) is 65.3 Å². The second-order valence-electron chi connectivity index (χ2n) is 8.15. The molecule has 0 bridgehead atoms. The van der Waals surface area contributed by atoms with E-state index in [0.717, 1.165) is 33.4 Å². The van der Waals surface area contributed by atoms with Gasteiger partial charge in [0.05, 0.1) is 28.5 Å². The molecule has 0 unspecified atom stereocenters. The van der Waals surface area contributed by atoms with Crippen molar-refractivity contribution in [3.05, 3.63) is 89.3 Å². The maximum absolute atomic E-state index is 14.5. The predicted octanol–water partition coefficient (Wildman–Crippen LogP) is 5.82. The van der Waals surface area contributed by atoms with Crippen LogP contribution in [0.4, 0.5) is 4.39 Å². The van der Waals surface area contributed by atoms with Crippen LogP contribution in [0.3, 0.4) is 0 Å². The number of aromatic carboxylic acids is 1. The van der Waals surface area contributed by atoms with Gasteiger partial charge in [0, 0.05) is 22.7 Å².